The predicted octanol–water partition coefficient (Wildman–Crippen LogP) is 4.78. The van der Waals surface area contributed by atoms with Crippen molar-refractivity contribution >= 4 is 22.7 Å². The fraction of sp³-hybridized carbons (Fsp3) is 0.263. The maximum Gasteiger partial charge on any atom is 0.120 e. The average molecular weight is 325 g/mol. The maximum absolute atomic E-state index is 5.47. The number of hydrogen-bond acceptors (Lipinski definition) is 3. The molecular weight excluding hydrogens is 306 g/mol. The molecule has 3 nitrogen and oxygen atoms in total. The van der Waals surface area contributed by atoms with Crippen molar-refractivity contribution in [2.75, 3.05) is 14.2 Å². The lowest BCUT2D eigenvalue weighted by Gasteiger charge is -2.18. The van der Waals surface area contributed by atoms with E-state index in [-0.39, 0.29) is 0 Å². The van der Waals surface area contributed by atoms with Crippen LogP contribution in [0, 0.1) is 6.92 Å². The summed E-state index contributed by atoms with van der Waals surface area (Å²) in [6.45, 7) is 2.15. The van der Waals surface area contributed by atoms with Crippen LogP contribution in [0.25, 0.3) is 22.2 Å². The molecule has 4 rings (SSSR count). The van der Waals surface area contributed by atoms with E-state index in [4.69, 9.17) is 9.47 Å². The van der Waals surface area contributed by atoms with Crippen LogP contribution in [-0.4, -0.2) is 18.8 Å². The van der Waals surface area contributed by atoms with E-state index in [2.05, 4.69) is 42.8 Å². The van der Waals surface area contributed by atoms with Crippen LogP contribution >= 0.6 is 11.8 Å². The second kappa shape index (κ2) is 5.24. The van der Waals surface area contributed by atoms with Gasteiger partial charge in [-0.1, -0.05) is 0 Å². The summed E-state index contributed by atoms with van der Waals surface area (Å²) in [5.41, 5.74) is 6.53. The molecule has 4 heteroatoms. The molecular formula is C19H19NO2S. The SMILES string of the molecule is COc1ccc2c(c1)SCc1c-2n(C)c2c(C)cc(OC)cc12. The Kier molecular flexibility index (Phi) is 3.31. The zero-order valence-corrected chi connectivity index (χ0v) is 14.6. The zero-order valence-electron chi connectivity index (χ0n) is 13.8. The number of ether oxygens (including phenoxy) is 2. The molecule has 0 aliphatic carbocycles. The molecule has 0 bridgehead atoms. The molecule has 2 aromatic carbocycles. The maximum atomic E-state index is 5.47. The molecule has 0 unspecified atom stereocenters. The van der Waals surface area contributed by atoms with Crippen molar-refractivity contribution in [3.8, 4) is 22.8 Å². The Balaban J connectivity index is 2.04. The van der Waals surface area contributed by atoms with Gasteiger partial charge in [0.15, 0.2) is 0 Å². The lowest BCUT2D eigenvalue weighted by Crippen LogP contribution is -2.00. The van der Waals surface area contributed by atoms with E-state index < -0.39 is 0 Å². The fourth-order valence-electron chi connectivity index (χ4n) is 3.57. The second-order valence-corrected chi connectivity index (χ2v) is 6.89. The van der Waals surface area contributed by atoms with Gasteiger partial charge in [0.05, 0.1) is 25.4 Å². The van der Waals surface area contributed by atoms with Gasteiger partial charge in [0.2, 0.25) is 0 Å². The Morgan fingerprint density at radius 1 is 1.04 bits per heavy atom. The molecule has 1 aliphatic rings. The van der Waals surface area contributed by atoms with Gasteiger partial charge in [-0.15, -0.1) is 11.8 Å². The first-order chi connectivity index (χ1) is 11.1. The zero-order chi connectivity index (χ0) is 16.1. The summed E-state index contributed by atoms with van der Waals surface area (Å²) >= 11 is 1.87. The van der Waals surface area contributed by atoms with E-state index in [1.54, 1.807) is 14.2 Å². The first-order valence-corrected chi connectivity index (χ1v) is 8.59. The molecule has 0 saturated carbocycles. The van der Waals surface area contributed by atoms with Gasteiger partial charge in [0, 0.05) is 28.6 Å². The number of benzene rings is 2. The number of aromatic nitrogens is 1. The monoisotopic (exact) mass is 325 g/mol. The minimum atomic E-state index is 0.913. The fourth-order valence-corrected chi connectivity index (χ4v) is 4.68. The summed E-state index contributed by atoms with van der Waals surface area (Å²) < 4.78 is 13.2. The van der Waals surface area contributed by atoms with E-state index in [0.29, 0.717) is 0 Å². The van der Waals surface area contributed by atoms with E-state index in [9.17, 15) is 0 Å². The molecule has 0 saturated heterocycles. The molecule has 0 radical (unpaired) electrons. The summed E-state index contributed by atoms with van der Waals surface area (Å²) in [6, 6.07) is 10.6. The van der Waals surface area contributed by atoms with Crippen LogP contribution in [0.2, 0.25) is 0 Å². The molecule has 0 atom stereocenters. The smallest absolute Gasteiger partial charge is 0.120 e. The van der Waals surface area contributed by atoms with Gasteiger partial charge in [-0.3, -0.25) is 0 Å². The number of hydrogen-bond donors (Lipinski definition) is 0. The third kappa shape index (κ3) is 2.05. The molecule has 23 heavy (non-hydrogen) atoms. The third-order valence-corrected chi connectivity index (χ3v) is 5.69. The van der Waals surface area contributed by atoms with Crippen LogP contribution in [0.4, 0.5) is 0 Å². The highest BCUT2D eigenvalue weighted by Gasteiger charge is 2.25. The van der Waals surface area contributed by atoms with Crippen molar-refractivity contribution in [3.63, 3.8) is 0 Å². The van der Waals surface area contributed by atoms with E-state index >= 15 is 0 Å². The van der Waals surface area contributed by atoms with Crippen LogP contribution in [0.3, 0.4) is 0 Å². The lowest BCUT2D eigenvalue weighted by molar-refractivity contribution is 0.414. The number of rotatable bonds is 2. The Bertz CT molecular complexity index is 927. The molecule has 0 amide bonds. The highest BCUT2D eigenvalue weighted by molar-refractivity contribution is 7.98. The molecule has 1 aliphatic heterocycles. The summed E-state index contributed by atoms with van der Waals surface area (Å²) in [7, 11) is 5.60. The Morgan fingerprint density at radius 3 is 2.57 bits per heavy atom. The Morgan fingerprint density at radius 2 is 1.83 bits per heavy atom. The van der Waals surface area contributed by atoms with Crippen molar-refractivity contribution in [2.24, 2.45) is 7.05 Å². The van der Waals surface area contributed by atoms with Crippen molar-refractivity contribution in [3.05, 3.63) is 41.5 Å². The Labute approximate surface area is 140 Å². The summed E-state index contributed by atoms with van der Waals surface area (Å²) in [5, 5.41) is 1.30. The van der Waals surface area contributed by atoms with Crippen LogP contribution in [-0.2, 0) is 12.8 Å². The number of aryl methyl sites for hydroxylation is 2. The topological polar surface area (TPSA) is 23.4 Å². The first kappa shape index (κ1) is 14.5. The van der Waals surface area contributed by atoms with Crippen molar-refractivity contribution in [1.29, 1.82) is 0 Å². The summed E-state index contributed by atoms with van der Waals surface area (Å²) in [5.74, 6) is 2.81. The number of methoxy groups -OCH3 is 2. The molecule has 0 fully saturated rings. The van der Waals surface area contributed by atoms with Gasteiger partial charge in [0.25, 0.3) is 0 Å². The van der Waals surface area contributed by atoms with Crippen LogP contribution < -0.4 is 9.47 Å². The highest BCUT2D eigenvalue weighted by atomic mass is 32.2. The normalized spacial score (nSPS) is 12.9. The lowest BCUT2D eigenvalue weighted by atomic mass is 10.0. The van der Waals surface area contributed by atoms with E-state index in [1.165, 1.54) is 38.2 Å². The summed E-state index contributed by atoms with van der Waals surface area (Å²) in [4.78, 5) is 1.28. The molecule has 0 N–H and O–H groups in total. The van der Waals surface area contributed by atoms with Gasteiger partial charge < -0.3 is 14.0 Å². The van der Waals surface area contributed by atoms with Gasteiger partial charge in [0.1, 0.15) is 11.5 Å². The summed E-state index contributed by atoms with van der Waals surface area (Å²) in [6.07, 6.45) is 0. The standard InChI is InChI=1S/C19H19NO2S/c1-11-7-13(22-4)8-15-16-10-23-17-9-12(21-3)5-6-14(17)19(16)20(2)18(11)15/h5-9H,10H2,1-4H3. The number of thioether (sulfide) groups is 1. The van der Waals surface area contributed by atoms with Gasteiger partial charge in [-0.05, 0) is 48.4 Å². The third-order valence-electron chi connectivity index (χ3n) is 4.61. The van der Waals surface area contributed by atoms with Crippen molar-refractivity contribution < 1.29 is 9.47 Å². The molecule has 3 aromatic rings. The van der Waals surface area contributed by atoms with E-state index in [0.717, 1.165) is 17.3 Å². The van der Waals surface area contributed by atoms with Crippen molar-refractivity contribution in [2.45, 2.75) is 17.6 Å². The molecule has 2 heterocycles. The van der Waals surface area contributed by atoms with Crippen molar-refractivity contribution in [1.82, 2.24) is 4.57 Å². The van der Waals surface area contributed by atoms with Gasteiger partial charge >= 0.3 is 0 Å². The van der Waals surface area contributed by atoms with E-state index in [1.807, 2.05) is 17.8 Å². The first-order valence-electron chi connectivity index (χ1n) is 7.61. The predicted molar refractivity (Wildman–Crippen MR) is 95.8 cm³/mol. The second-order valence-electron chi connectivity index (χ2n) is 5.88. The highest BCUT2D eigenvalue weighted by Crippen LogP contribution is 2.47. The quantitative estimate of drug-likeness (QED) is 0.677. The van der Waals surface area contributed by atoms with Crippen LogP contribution in [0.1, 0.15) is 11.1 Å². The van der Waals surface area contributed by atoms with Crippen LogP contribution in [0.5, 0.6) is 11.5 Å². The minimum absolute atomic E-state index is 0.913. The van der Waals surface area contributed by atoms with Gasteiger partial charge in [-0.2, -0.15) is 0 Å². The number of nitrogens with zero attached hydrogens (tertiary/aromatic N) is 1. The Hall–Kier alpha value is -2.07. The van der Waals surface area contributed by atoms with Crippen LogP contribution in [0.15, 0.2) is 35.2 Å². The molecule has 118 valence electrons. The largest absolute Gasteiger partial charge is 0.497 e. The number of fused-ring (bicyclic) bond motifs is 5. The molecule has 0 spiro atoms. The minimum Gasteiger partial charge on any atom is -0.497 e. The van der Waals surface area contributed by atoms with Gasteiger partial charge in [-0.25, -0.2) is 0 Å². The molecule has 1 aromatic heterocycles. The average Bonchev–Trinajstić information content (AvgIpc) is 2.87.